The van der Waals surface area contributed by atoms with E-state index in [2.05, 4.69) is 4.98 Å². The fourth-order valence-electron chi connectivity index (χ4n) is 2.31. The average Bonchev–Trinajstić information content (AvgIpc) is 2.60. The number of carbonyl (C=O) groups is 2. The van der Waals surface area contributed by atoms with Crippen LogP contribution < -0.4 is 4.74 Å². The maximum atomic E-state index is 12.4. The lowest BCUT2D eigenvalue weighted by atomic mass is 10.1. The lowest BCUT2D eigenvalue weighted by Crippen LogP contribution is -2.39. The van der Waals surface area contributed by atoms with Gasteiger partial charge in [-0.05, 0) is 50.1 Å². The minimum atomic E-state index is -0.616. The van der Waals surface area contributed by atoms with E-state index in [0.29, 0.717) is 17.9 Å². The lowest BCUT2D eigenvalue weighted by molar-refractivity contribution is -0.136. The zero-order valence-corrected chi connectivity index (χ0v) is 14.2. The van der Waals surface area contributed by atoms with Crippen LogP contribution >= 0.6 is 0 Å². The summed E-state index contributed by atoms with van der Waals surface area (Å²) >= 11 is 0. The van der Waals surface area contributed by atoms with Crippen LogP contribution in [0.15, 0.2) is 48.8 Å². The Bertz CT molecular complexity index is 701. The minimum absolute atomic E-state index is 0.0334. The highest BCUT2D eigenvalue weighted by Gasteiger charge is 2.19. The first-order chi connectivity index (χ1) is 11.5. The summed E-state index contributed by atoms with van der Waals surface area (Å²) in [6.45, 7) is 3.82. The van der Waals surface area contributed by atoms with Crippen molar-refractivity contribution in [2.45, 2.75) is 26.4 Å². The molecule has 1 atom stereocenters. The van der Waals surface area contributed by atoms with Gasteiger partial charge >= 0.3 is 0 Å². The largest absolute Gasteiger partial charge is 0.481 e. The van der Waals surface area contributed by atoms with Crippen molar-refractivity contribution in [1.29, 1.82) is 0 Å². The van der Waals surface area contributed by atoms with Gasteiger partial charge in [-0.1, -0.05) is 12.1 Å². The van der Waals surface area contributed by atoms with Crippen LogP contribution in [0.5, 0.6) is 5.75 Å². The van der Waals surface area contributed by atoms with E-state index in [9.17, 15) is 9.59 Å². The molecule has 0 aliphatic heterocycles. The molecule has 24 heavy (non-hydrogen) atoms. The second-order valence-corrected chi connectivity index (χ2v) is 5.71. The smallest absolute Gasteiger partial charge is 0.263 e. The summed E-state index contributed by atoms with van der Waals surface area (Å²) in [5.41, 5.74) is 1.70. The normalized spacial score (nSPS) is 11.6. The molecule has 0 fully saturated rings. The second-order valence-electron chi connectivity index (χ2n) is 5.71. The number of nitrogens with zero attached hydrogens (tertiary/aromatic N) is 2. The molecule has 0 aliphatic carbocycles. The van der Waals surface area contributed by atoms with Crippen LogP contribution in [0, 0.1) is 0 Å². The van der Waals surface area contributed by atoms with Crippen molar-refractivity contribution in [3.8, 4) is 5.75 Å². The van der Waals surface area contributed by atoms with Crippen LogP contribution in [0.1, 0.15) is 29.8 Å². The first-order valence-electron chi connectivity index (χ1n) is 7.89. The van der Waals surface area contributed by atoms with Crippen molar-refractivity contribution in [2.24, 2.45) is 0 Å². The molecule has 0 aliphatic rings. The van der Waals surface area contributed by atoms with Crippen LogP contribution in [0.3, 0.4) is 0 Å². The molecule has 0 N–H and O–H groups in total. The van der Waals surface area contributed by atoms with Gasteiger partial charge in [0.15, 0.2) is 11.9 Å². The minimum Gasteiger partial charge on any atom is -0.481 e. The van der Waals surface area contributed by atoms with E-state index >= 15 is 0 Å². The number of ether oxygens (including phenoxy) is 1. The Balaban J connectivity index is 1.91. The molecule has 1 heterocycles. The van der Waals surface area contributed by atoms with Gasteiger partial charge in [0.1, 0.15) is 5.75 Å². The zero-order chi connectivity index (χ0) is 17.5. The summed E-state index contributed by atoms with van der Waals surface area (Å²) in [6, 6.07) is 10.7. The summed E-state index contributed by atoms with van der Waals surface area (Å²) in [5, 5.41) is 0. The Morgan fingerprint density at radius 3 is 2.58 bits per heavy atom. The number of amides is 1. The van der Waals surface area contributed by atoms with Crippen molar-refractivity contribution in [3.63, 3.8) is 0 Å². The molecule has 0 saturated heterocycles. The summed E-state index contributed by atoms with van der Waals surface area (Å²) in [7, 11) is 1.76. The molecule has 126 valence electrons. The van der Waals surface area contributed by atoms with Crippen LogP contribution in [0.25, 0.3) is 0 Å². The predicted octanol–water partition coefficient (Wildman–Crippen LogP) is 2.75. The molecule has 1 amide bonds. The molecule has 1 aromatic heterocycles. The van der Waals surface area contributed by atoms with Gasteiger partial charge in [0.05, 0.1) is 0 Å². The summed E-state index contributed by atoms with van der Waals surface area (Å²) in [5.74, 6) is 0.386. The number of rotatable bonds is 7. The number of ketones is 1. The Kier molecular flexibility index (Phi) is 6.07. The third-order valence-corrected chi connectivity index (χ3v) is 3.76. The summed E-state index contributed by atoms with van der Waals surface area (Å²) in [6.07, 6.45) is 3.63. The molecule has 1 aromatic carbocycles. The van der Waals surface area contributed by atoms with Crippen molar-refractivity contribution >= 4 is 11.7 Å². The molecule has 0 radical (unpaired) electrons. The van der Waals surface area contributed by atoms with Crippen molar-refractivity contribution in [2.75, 3.05) is 13.6 Å². The Hall–Kier alpha value is -2.69. The van der Waals surface area contributed by atoms with E-state index in [-0.39, 0.29) is 11.7 Å². The van der Waals surface area contributed by atoms with E-state index < -0.39 is 6.10 Å². The maximum Gasteiger partial charge on any atom is 0.263 e. The van der Waals surface area contributed by atoms with Gasteiger partial charge in [-0.25, -0.2) is 0 Å². The number of Topliss-reactive ketones (excluding diaryl/α,β-unsaturated/α-hetero) is 1. The topological polar surface area (TPSA) is 59.5 Å². The molecule has 1 unspecified atom stereocenters. The number of aromatic nitrogens is 1. The first kappa shape index (κ1) is 17.7. The van der Waals surface area contributed by atoms with E-state index in [1.807, 2.05) is 12.1 Å². The fraction of sp³-hybridized carbons (Fsp3) is 0.316. The van der Waals surface area contributed by atoms with E-state index in [0.717, 1.165) is 12.0 Å². The molecule has 5 heteroatoms. The third-order valence-electron chi connectivity index (χ3n) is 3.76. The second kappa shape index (κ2) is 8.24. The highest BCUT2D eigenvalue weighted by atomic mass is 16.5. The predicted molar refractivity (Wildman–Crippen MR) is 92.1 cm³/mol. The highest BCUT2D eigenvalue weighted by molar-refractivity contribution is 5.94. The van der Waals surface area contributed by atoms with Gasteiger partial charge in [-0.2, -0.15) is 0 Å². The van der Waals surface area contributed by atoms with Crippen LogP contribution in [-0.2, 0) is 11.2 Å². The Morgan fingerprint density at radius 1 is 1.21 bits per heavy atom. The lowest BCUT2D eigenvalue weighted by Gasteiger charge is -2.22. The van der Waals surface area contributed by atoms with Gasteiger partial charge < -0.3 is 9.64 Å². The Morgan fingerprint density at radius 2 is 1.92 bits per heavy atom. The molecule has 5 nitrogen and oxygen atoms in total. The summed E-state index contributed by atoms with van der Waals surface area (Å²) in [4.78, 5) is 29.4. The number of pyridine rings is 1. The van der Waals surface area contributed by atoms with Crippen LogP contribution in [0.4, 0.5) is 0 Å². The SMILES string of the molecule is CC(=O)c1cccc(OC(C)C(=O)N(C)CCc2ccncc2)c1. The zero-order valence-electron chi connectivity index (χ0n) is 14.2. The highest BCUT2D eigenvalue weighted by Crippen LogP contribution is 2.16. The van der Waals surface area contributed by atoms with Gasteiger partial charge in [0.2, 0.25) is 0 Å². The fourth-order valence-corrected chi connectivity index (χ4v) is 2.31. The van der Waals surface area contributed by atoms with Gasteiger partial charge in [-0.15, -0.1) is 0 Å². The van der Waals surface area contributed by atoms with Crippen molar-refractivity contribution < 1.29 is 14.3 Å². The number of hydrogen-bond acceptors (Lipinski definition) is 4. The first-order valence-corrected chi connectivity index (χ1v) is 7.89. The molecule has 0 spiro atoms. The molecule has 0 bridgehead atoms. The quantitative estimate of drug-likeness (QED) is 0.734. The van der Waals surface area contributed by atoms with Gasteiger partial charge in [0, 0.05) is 31.5 Å². The molecule has 2 rings (SSSR count). The number of likely N-dealkylation sites (N-methyl/N-ethyl adjacent to an activating group) is 1. The number of hydrogen-bond donors (Lipinski definition) is 0. The number of carbonyl (C=O) groups excluding carboxylic acids is 2. The monoisotopic (exact) mass is 326 g/mol. The van der Waals surface area contributed by atoms with Crippen molar-refractivity contribution in [1.82, 2.24) is 9.88 Å². The molecular weight excluding hydrogens is 304 g/mol. The van der Waals surface area contributed by atoms with Gasteiger partial charge in [0.25, 0.3) is 5.91 Å². The number of benzene rings is 1. The van der Waals surface area contributed by atoms with Crippen LogP contribution in [0.2, 0.25) is 0 Å². The van der Waals surface area contributed by atoms with Crippen molar-refractivity contribution in [3.05, 3.63) is 59.9 Å². The standard InChI is InChI=1S/C19H22N2O3/c1-14(22)17-5-4-6-18(13-17)24-15(2)19(23)21(3)12-9-16-7-10-20-11-8-16/h4-8,10-11,13,15H,9,12H2,1-3H3. The molecule has 2 aromatic rings. The summed E-state index contributed by atoms with van der Waals surface area (Å²) < 4.78 is 5.69. The van der Waals surface area contributed by atoms with E-state index in [4.69, 9.17) is 4.74 Å². The average molecular weight is 326 g/mol. The molecular formula is C19H22N2O3. The molecule has 0 saturated carbocycles. The van der Waals surface area contributed by atoms with E-state index in [1.54, 1.807) is 55.5 Å². The van der Waals surface area contributed by atoms with E-state index in [1.165, 1.54) is 6.92 Å². The van der Waals surface area contributed by atoms with Crippen LogP contribution in [-0.4, -0.2) is 41.3 Å². The Labute approximate surface area is 142 Å². The third kappa shape index (κ3) is 4.91. The maximum absolute atomic E-state index is 12.4. The van der Waals surface area contributed by atoms with Gasteiger partial charge in [-0.3, -0.25) is 14.6 Å².